The normalized spacial score (nSPS) is 21.7. The molecule has 2 saturated heterocycles. The number of amides is 1. The Morgan fingerprint density at radius 2 is 1.83 bits per heavy atom. The number of fused-ring (bicyclic) bond motifs is 1. The van der Waals surface area contributed by atoms with E-state index in [-0.39, 0.29) is 11.4 Å². The van der Waals surface area contributed by atoms with Gasteiger partial charge in [-0.1, -0.05) is 0 Å². The van der Waals surface area contributed by atoms with Crippen molar-refractivity contribution in [3.63, 3.8) is 0 Å². The molecule has 6 nitrogen and oxygen atoms in total. The lowest BCUT2D eigenvalue weighted by Crippen LogP contribution is -2.48. The molecule has 2 aliphatic heterocycles. The van der Waals surface area contributed by atoms with Crippen LogP contribution in [0.2, 0.25) is 0 Å². The monoisotopic (exact) mass is 417 g/mol. The minimum atomic E-state index is -0.0820. The molecule has 1 spiro atoms. The van der Waals surface area contributed by atoms with Crippen LogP contribution in [0.15, 0.2) is 42.0 Å². The SMILES string of the molecule is N#Cc1ccc(C(=O)N2CCCC23CCCN(c2ncnc4ccsc24)CC3)cc1. The smallest absolute Gasteiger partial charge is 0.254 e. The highest BCUT2D eigenvalue weighted by Crippen LogP contribution is 2.40. The third kappa shape index (κ3) is 3.21. The van der Waals surface area contributed by atoms with E-state index in [1.54, 1.807) is 41.9 Å². The van der Waals surface area contributed by atoms with Crippen molar-refractivity contribution in [2.24, 2.45) is 0 Å². The number of nitriles is 1. The molecule has 1 atom stereocenters. The summed E-state index contributed by atoms with van der Waals surface area (Å²) in [5, 5.41) is 11.1. The molecule has 0 saturated carbocycles. The maximum Gasteiger partial charge on any atom is 0.254 e. The second-order valence-corrected chi connectivity index (χ2v) is 9.06. The van der Waals surface area contributed by atoms with Crippen molar-refractivity contribution in [3.05, 3.63) is 53.2 Å². The van der Waals surface area contributed by atoms with Crippen LogP contribution in [0.3, 0.4) is 0 Å². The van der Waals surface area contributed by atoms with Crippen LogP contribution in [0, 0.1) is 11.3 Å². The summed E-state index contributed by atoms with van der Waals surface area (Å²) < 4.78 is 1.14. The summed E-state index contributed by atoms with van der Waals surface area (Å²) in [5.41, 5.74) is 2.17. The number of rotatable bonds is 2. The summed E-state index contributed by atoms with van der Waals surface area (Å²) in [6.45, 7) is 2.65. The zero-order chi connectivity index (χ0) is 20.6. The lowest BCUT2D eigenvalue weighted by Gasteiger charge is -2.38. The third-order valence-electron chi connectivity index (χ3n) is 6.54. The van der Waals surface area contributed by atoms with Gasteiger partial charge in [0.05, 0.1) is 21.8 Å². The average molecular weight is 418 g/mol. The van der Waals surface area contributed by atoms with Crippen molar-refractivity contribution >= 4 is 33.3 Å². The summed E-state index contributed by atoms with van der Waals surface area (Å²) in [6.07, 6.45) is 6.76. The molecule has 2 aromatic heterocycles. The quantitative estimate of drug-likeness (QED) is 0.624. The molecule has 1 unspecified atom stereocenters. The van der Waals surface area contributed by atoms with Gasteiger partial charge in [0.2, 0.25) is 0 Å². The molecular weight excluding hydrogens is 394 g/mol. The number of carbonyl (C=O) groups excluding carboxylic acids is 1. The third-order valence-corrected chi connectivity index (χ3v) is 7.44. The van der Waals surface area contributed by atoms with Crippen LogP contribution in [-0.4, -0.2) is 45.9 Å². The molecule has 5 rings (SSSR count). The zero-order valence-corrected chi connectivity index (χ0v) is 17.6. The minimum absolute atomic E-state index is 0.0820. The molecule has 3 aromatic rings. The van der Waals surface area contributed by atoms with E-state index in [0.29, 0.717) is 11.1 Å². The Labute approximate surface area is 179 Å². The standard InChI is InChI=1S/C23H23N5OS/c24-15-17-3-5-18(6-4-17)22(29)28-12-2-9-23(28)8-1-11-27(13-10-23)21-20-19(7-14-30-20)25-16-26-21/h3-7,14,16H,1-2,8-13H2. The van der Waals surface area contributed by atoms with Crippen LogP contribution >= 0.6 is 11.3 Å². The van der Waals surface area contributed by atoms with E-state index in [1.165, 1.54) is 0 Å². The van der Waals surface area contributed by atoms with E-state index >= 15 is 0 Å². The first-order chi connectivity index (χ1) is 14.7. The number of hydrogen-bond acceptors (Lipinski definition) is 6. The van der Waals surface area contributed by atoms with E-state index in [9.17, 15) is 4.79 Å². The first kappa shape index (κ1) is 19.0. The molecule has 4 heterocycles. The average Bonchev–Trinajstić information content (AvgIpc) is 3.37. The highest BCUT2D eigenvalue weighted by Gasteiger charge is 2.44. The molecule has 0 bridgehead atoms. The van der Waals surface area contributed by atoms with Crippen molar-refractivity contribution in [1.29, 1.82) is 5.26 Å². The van der Waals surface area contributed by atoms with E-state index in [0.717, 1.165) is 67.8 Å². The molecule has 0 N–H and O–H groups in total. The van der Waals surface area contributed by atoms with Gasteiger partial charge in [-0.3, -0.25) is 4.79 Å². The first-order valence-electron chi connectivity index (χ1n) is 10.5. The predicted molar refractivity (Wildman–Crippen MR) is 118 cm³/mol. The highest BCUT2D eigenvalue weighted by atomic mass is 32.1. The molecule has 2 fully saturated rings. The number of anilines is 1. The van der Waals surface area contributed by atoms with Crippen LogP contribution in [-0.2, 0) is 0 Å². The van der Waals surface area contributed by atoms with Gasteiger partial charge in [0.25, 0.3) is 5.91 Å². The largest absolute Gasteiger partial charge is 0.355 e. The van der Waals surface area contributed by atoms with Crippen molar-refractivity contribution in [2.45, 2.75) is 37.6 Å². The molecule has 152 valence electrons. The number of likely N-dealkylation sites (tertiary alicyclic amines) is 1. The van der Waals surface area contributed by atoms with Crippen molar-refractivity contribution in [1.82, 2.24) is 14.9 Å². The van der Waals surface area contributed by atoms with Gasteiger partial charge in [-0.05, 0) is 67.8 Å². The van der Waals surface area contributed by atoms with E-state index in [1.807, 2.05) is 6.07 Å². The fourth-order valence-corrected chi connectivity index (χ4v) is 5.87. The molecule has 0 radical (unpaired) electrons. The Kier molecular flexibility index (Phi) is 4.87. The van der Waals surface area contributed by atoms with Crippen LogP contribution in [0.4, 0.5) is 5.82 Å². The van der Waals surface area contributed by atoms with Crippen LogP contribution in [0.1, 0.15) is 48.0 Å². The number of carbonyl (C=O) groups is 1. The maximum atomic E-state index is 13.3. The summed E-state index contributed by atoms with van der Waals surface area (Å²) in [5.74, 6) is 1.11. The summed E-state index contributed by atoms with van der Waals surface area (Å²) >= 11 is 1.69. The van der Waals surface area contributed by atoms with Gasteiger partial charge in [-0.2, -0.15) is 5.26 Å². The predicted octanol–water partition coefficient (Wildman–Crippen LogP) is 4.23. The molecule has 2 aliphatic rings. The van der Waals surface area contributed by atoms with Gasteiger partial charge < -0.3 is 9.80 Å². The van der Waals surface area contributed by atoms with Gasteiger partial charge in [-0.15, -0.1) is 11.3 Å². The van der Waals surface area contributed by atoms with E-state index < -0.39 is 0 Å². The minimum Gasteiger partial charge on any atom is -0.355 e. The lowest BCUT2D eigenvalue weighted by atomic mass is 9.87. The van der Waals surface area contributed by atoms with Gasteiger partial charge in [0.1, 0.15) is 12.1 Å². The number of thiophene rings is 1. The number of benzene rings is 1. The van der Waals surface area contributed by atoms with Gasteiger partial charge in [0.15, 0.2) is 0 Å². The Bertz CT molecular complexity index is 1120. The van der Waals surface area contributed by atoms with Crippen molar-refractivity contribution < 1.29 is 4.79 Å². The molecule has 7 heteroatoms. The second-order valence-electron chi connectivity index (χ2n) is 8.15. The van der Waals surface area contributed by atoms with E-state index in [4.69, 9.17) is 5.26 Å². The molecule has 1 aromatic carbocycles. The van der Waals surface area contributed by atoms with Crippen LogP contribution in [0.25, 0.3) is 10.2 Å². The number of hydrogen-bond donors (Lipinski definition) is 0. The van der Waals surface area contributed by atoms with Gasteiger partial charge in [-0.25, -0.2) is 9.97 Å². The maximum absolute atomic E-state index is 13.3. The molecule has 0 aliphatic carbocycles. The summed E-state index contributed by atoms with van der Waals surface area (Å²) in [6, 6.07) is 11.2. The van der Waals surface area contributed by atoms with Gasteiger partial charge >= 0.3 is 0 Å². The summed E-state index contributed by atoms with van der Waals surface area (Å²) in [7, 11) is 0. The first-order valence-corrected chi connectivity index (χ1v) is 11.3. The lowest BCUT2D eigenvalue weighted by molar-refractivity contribution is 0.0566. The van der Waals surface area contributed by atoms with E-state index in [2.05, 4.69) is 31.2 Å². The number of aromatic nitrogens is 2. The second kappa shape index (κ2) is 7.69. The Morgan fingerprint density at radius 3 is 2.63 bits per heavy atom. The van der Waals surface area contributed by atoms with Crippen LogP contribution in [0.5, 0.6) is 0 Å². The summed E-state index contributed by atoms with van der Waals surface area (Å²) in [4.78, 5) is 26.8. The van der Waals surface area contributed by atoms with Crippen molar-refractivity contribution in [2.75, 3.05) is 24.5 Å². The fourth-order valence-electron chi connectivity index (χ4n) is 5.01. The molecule has 1 amide bonds. The van der Waals surface area contributed by atoms with Gasteiger partial charge in [0, 0.05) is 30.7 Å². The van der Waals surface area contributed by atoms with Crippen molar-refractivity contribution in [3.8, 4) is 6.07 Å². The molecular formula is C23H23N5OS. The zero-order valence-electron chi connectivity index (χ0n) is 16.8. The molecule has 30 heavy (non-hydrogen) atoms. The Hall–Kier alpha value is -2.98. The highest BCUT2D eigenvalue weighted by molar-refractivity contribution is 7.17. The fraction of sp³-hybridized carbons (Fsp3) is 0.391. The van der Waals surface area contributed by atoms with Crippen LogP contribution < -0.4 is 4.90 Å². The topological polar surface area (TPSA) is 73.1 Å². The number of nitrogens with zero attached hydrogens (tertiary/aromatic N) is 5. The Balaban J connectivity index is 1.38. The Morgan fingerprint density at radius 1 is 1.03 bits per heavy atom.